The minimum Gasteiger partial charge on any atom is -0.456 e. The van der Waals surface area contributed by atoms with E-state index in [1.807, 2.05) is 30.3 Å². The fourth-order valence-electron chi connectivity index (χ4n) is 1.50. The summed E-state index contributed by atoms with van der Waals surface area (Å²) < 4.78 is 5.07. The Kier molecular flexibility index (Phi) is 5.22. The summed E-state index contributed by atoms with van der Waals surface area (Å²) in [5.74, 6) is -0.619. The summed E-state index contributed by atoms with van der Waals surface area (Å²) >= 11 is 1.29. The quantitative estimate of drug-likeness (QED) is 0.681. The van der Waals surface area contributed by atoms with E-state index in [2.05, 4.69) is 10.3 Å². The van der Waals surface area contributed by atoms with Crippen LogP contribution >= 0.6 is 11.3 Å². The molecule has 1 aromatic carbocycles. The summed E-state index contributed by atoms with van der Waals surface area (Å²) in [6, 6.07) is 9.48. The smallest absolute Gasteiger partial charge is 0.331 e. The number of hydrogen-bond donors (Lipinski definition) is 1. The molecule has 0 atom stereocenters. The number of aromatic nitrogens is 1. The molecule has 0 bridgehead atoms. The van der Waals surface area contributed by atoms with Crippen molar-refractivity contribution in [2.24, 2.45) is 0 Å². The molecule has 0 saturated carbocycles. The third-order valence-electron chi connectivity index (χ3n) is 2.41. The lowest BCUT2D eigenvalue weighted by Gasteiger charge is -1.98. The van der Waals surface area contributed by atoms with Gasteiger partial charge in [-0.1, -0.05) is 30.3 Å². The zero-order valence-corrected chi connectivity index (χ0v) is 12.2. The molecule has 0 unspecified atom stereocenters. The topological polar surface area (TPSA) is 68.3 Å². The molecule has 0 aliphatic rings. The lowest BCUT2D eigenvalue weighted by Crippen LogP contribution is -2.06. The molecule has 6 heteroatoms. The number of rotatable bonds is 5. The maximum absolute atomic E-state index is 11.6. The van der Waals surface area contributed by atoms with E-state index in [-0.39, 0.29) is 12.5 Å². The molecule has 0 radical (unpaired) electrons. The first-order chi connectivity index (χ1) is 10.1. The SMILES string of the molecule is CC(=O)Nc1nc(COC(=O)/C=C/c2ccccc2)cs1. The molecule has 0 fully saturated rings. The fraction of sp³-hybridized carbons (Fsp3) is 0.133. The number of esters is 1. The summed E-state index contributed by atoms with van der Waals surface area (Å²) in [7, 11) is 0. The third-order valence-corrected chi connectivity index (χ3v) is 3.21. The Morgan fingerprint density at radius 1 is 1.33 bits per heavy atom. The van der Waals surface area contributed by atoms with Crippen molar-refractivity contribution in [2.75, 3.05) is 5.32 Å². The number of nitrogens with zero attached hydrogens (tertiary/aromatic N) is 1. The Morgan fingerprint density at radius 3 is 2.81 bits per heavy atom. The van der Waals surface area contributed by atoms with E-state index in [0.29, 0.717) is 10.8 Å². The average Bonchev–Trinajstić information content (AvgIpc) is 2.91. The molecule has 5 nitrogen and oxygen atoms in total. The van der Waals surface area contributed by atoms with E-state index in [4.69, 9.17) is 4.74 Å². The fourth-order valence-corrected chi connectivity index (χ4v) is 2.24. The van der Waals surface area contributed by atoms with Crippen molar-refractivity contribution in [1.29, 1.82) is 0 Å². The van der Waals surface area contributed by atoms with Crippen LogP contribution in [0.25, 0.3) is 6.08 Å². The van der Waals surface area contributed by atoms with Gasteiger partial charge >= 0.3 is 5.97 Å². The molecule has 1 amide bonds. The van der Waals surface area contributed by atoms with Gasteiger partial charge in [0.15, 0.2) is 5.13 Å². The first-order valence-electron chi connectivity index (χ1n) is 6.25. The van der Waals surface area contributed by atoms with Gasteiger partial charge in [0, 0.05) is 18.4 Å². The molecule has 0 aliphatic heterocycles. The molecule has 0 spiro atoms. The van der Waals surface area contributed by atoms with Crippen molar-refractivity contribution in [3.8, 4) is 0 Å². The molecule has 1 aromatic heterocycles. The van der Waals surface area contributed by atoms with Crippen molar-refractivity contribution in [1.82, 2.24) is 4.98 Å². The summed E-state index contributed by atoms with van der Waals surface area (Å²) in [5, 5.41) is 4.80. The number of nitrogens with one attached hydrogen (secondary N) is 1. The summed E-state index contributed by atoms with van der Waals surface area (Å²) in [6.45, 7) is 1.49. The van der Waals surface area contributed by atoms with E-state index in [0.717, 1.165) is 5.56 Å². The molecular formula is C15H14N2O3S. The third kappa shape index (κ3) is 5.19. The number of benzene rings is 1. The minimum atomic E-state index is -0.437. The number of carbonyl (C=O) groups excluding carboxylic acids is 2. The van der Waals surface area contributed by atoms with Gasteiger partial charge in [-0.3, -0.25) is 4.79 Å². The standard InChI is InChI=1S/C15H14N2O3S/c1-11(18)16-15-17-13(10-21-15)9-20-14(19)8-7-12-5-3-2-4-6-12/h2-8,10H,9H2,1H3,(H,16,17,18)/b8-7+. The van der Waals surface area contributed by atoms with E-state index in [9.17, 15) is 9.59 Å². The summed E-state index contributed by atoms with van der Waals surface area (Å²) in [6.07, 6.45) is 3.06. The second-order valence-electron chi connectivity index (χ2n) is 4.18. The van der Waals surface area contributed by atoms with Gasteiger partial charge in [0.1, 0.15) is 6.61 Å². The van der Waals surface area contributed by atoms with Gasteiger partial charge in [0.25, 0.3) is 0 Å². The van der Waals surface area contributed by atoms with Gasteiger partial charge in [-0.25, -0.2) is 9.78 Å². The normalized spacial score (nSPS) is 10.5. The maximum Gasteiger partial charge on any atom is 0.331 e. The molecule has 108 valence electrons. The highest BCUT2D eigenvalue weighted by atomic mass is 32.1. The Bertz CT molecular complexity index is 650. The monoisotopic (exact) mass is 302 g/mol. The first kappa shape index (κ1) is 14.9. The number of amides is 1. The van der Waals surface area contributed by atoms with E-state index >= 15 is 0 Å². The van der Waals surface area contributed by atoms with Gasteiger partial charge in [-0.15, -0.1) is 11.3 Å². The van der Waals surface area contributed by atoms with Gasteiger partial charge in [0.2, 0.25) is 5.91 Å². The van der Waals surface area contributed by atoms with Crippen molar-refractivity contribution in [3.63, 3.8) is 0 Å². The second kappa shape index (κ2) is 7.35. The van der Waals surface area contributed by atoms with Crippen LogP contribution in [0.1, 0.15) is 18.2 Å². The second-order valence-corrected chi connectivity index (χ2v) is 5.04. The molecule has 2 aromatic rings. The van der Waals surface area contributed by atoms with Crippen LogP contribution in [-0.4, -0.2) is 16.9 Å². The maximum atomic E-state index is 11.6. The highest BCUT2D eigenvalue weighted by Crippen LogP contribution is 2.15. The van der Waals surface area contributed by atoms with E-state index in [1.165, 1.54) is 24.3 Å². The van der Waals surface area contributed by atoms with Gasteiger partial charge < -0.3 is 10.1 Å². The molecule has 2 rings (SSSR count). The number of anilines is 1. The van der Waals surface area contributed by atoms with Crippen molar-refractivity contribution >= 4 is 34.4 Å². The van der Waals surface area contributed by atoms with E-state index in [1.54, 1.807) is 11.5 Å². The molecule has 0 aliphatic carbocycles. The van der Waals surface area contributed by atoms with Crippen molar-refractivity contribution in [2.45, 2.75) is 13.5 Å². The lowest BCUT2D eigenvalue weighted by molar-refractivity contribution is -0.139. The zero-order valence-electron chi connectivity index (χ0n) is 11.4. The van der Waals surface area contributed by atoms with Crippen LogP contribution in [0.5, 0.6) is 0 Å². The molecule has 21 heavy (non-hydrogen) atoms. The van der Waals surface area contributed by atoms with E-state index < -0.39 is 5.97 Å². The number of hydrogen-bond acceptors (Lipinski definition) is 5. The number of carbonyl (C=O) groups is 2. The molecule has 0 saturated heterocycles. The average molecular weight is 302 g/mol. The Morgan fingerprint density at radius 2 is 2.10 bits per heavy atom. The van der Waals surface area contributed by atoms with Crippen LogP contribution in [0.15, 0.2) is 41.8 Å². The number of thiazole rings is 1. The molecule has 1 N–H and O–H groups in total. The first-order valence-corrected chi connectivity index (χ1v) is 7.13. The van der Waals surface area contributed by atoms with Crippen LogP contribution in [0.4, 0.5) is 5.13 Å². The van der Waals surface area contributed by atoms with Gasteiger partial charge in [-0.05, 0) is 11.6 Å². The van der Waals surface area contributed by atoms with Crippen molar-refractivity contribution in [3.05, 3.63) is 53.0 Å². The van der Waals surface area contributed by atoms with Crippen LogP contribution < -0.4 is 5.32 Å². The van der Waals surface area contributed by atoms with Crippen molar-refractivity contribution < 1.29 is 14.3 Å². The highest BCUT2D eigenvalue weighted by molar-refractivity contribution is 7.13. The predicted molar refractivity (Wildman–Crippen MR) is 81.7 cm³/mol. The van der Waals surface area contributed by atoms with Crippen LogP contribution in [0.3, 0.4) is 0 Å². The van der Waals surface area contributed by atoms with Crippen LogP contribution in [0, 0.1) is 0 Å². The minimum absolute atomic E-state index is 0.0774. The van der Waals surface area contributed by atoms with Crippen LogP contribution in [0.2, 0.25) is 0 Å². The Balaban J connectivity index is 1.82. The largest absolute Gasteiger partial charge is 0.456 e. The number of ether oxygens (including phenoxy) is 1. The Hall–Kier alpha value is -2.47. The molecule has 1 heterocycles. The lowest BCUT2D eigenvalue weighted by atomic mass is 10.2. The highest BCUT2D eigenvalue weighted by Gasteiger charge is 2.05. The van der Waals surface area contributed by atoms with Gasteiger partial charge in [0.05, 0.1) is 5.69 Å². The molecular weight excluding hydrogens is 288 g/mol. The predicted octanol–water partition coefficient (Wildman–Crippen LogP) is 2.86. The van der Waals surface area contributed by atoms with Gasteiger partial charge in [-0.2, -0.15) is 0 Å². The summed E-state index contributed by atoms with van der Waals surface area (Å²) in [5.41, 5.74) is 1.53. The summed E-state index contributed by atoms with van der Waals surface area (Å²) in [4.78, 5) is 26.6. The zero-order chi connectivity index (χ0) is 15.1. The van der Waals surface area contributed by atoms with Crippen LogP contribution in [-0.2, 0) is 20.9 Å². The Labute approximate surface area is 126 Å².